The van der Waals surface area contributed by atoms with Gasteiger partial charge in [-0.3, -0.25) is 4.68 Å². The fraction of sp³-hybridized carbons (Fsp3) is 0.357. The Hall–Kier alpha value is -1.03. The number of aryl methyl sites for hydroxylation is 1. The zero-order chi connectivity index (χ0) is 13.7. The van der Waals surface area contributed by atoms with Crippen LogP contribution < -0.4 is 5.32 Å². The minimum atomic E-state index is 0.211. The Labute approximate surface area is 123 Å². The third-order valence-electron chi connectivity index (χ3n) is 3.00. The molecular formula is C14H17Cl2N3. The lowest BCUT2D eigenvalue weighted by Crippen LogP contribution is -2.21. The molecule has 0 fully saturated rings. The van der Waals surface area contributed by atoms with E-state index in [9.17, 15) is 0 Å². The van der Waals surface area contributed by atoms with Crippen LogP contribution in [0.1, 0.15) is 24.9 Å². The lowest BCUT2D eigenvalue weighted by Gasteiger charge is -2.16. The van der Waals surface area contributed by atoms with Gasteiger partial charge in [-0.25, -0.2) is 0 Å². The van der Waals surface area contributed by atoms with Crippen molar-refractivity contribution < 1.29 is 0 Å². The van der Waals surface area contributed by atoms with Crippen LogP contribution >= 0.6 is 23.2 Å². The molecule has 1 heterocycles. The van der Waals surface area contributed by atoms with Crippen molar-refractivity contribution in [3.63, 3.8) is 0 Å². The van der Waals surface area contributed by atoms with Crippen LogP contribution in [-0.2, 0) is 6.54 Å². The summed E-state index contributed by atoms with van der Waals surface area (Å²) in [5, 5.41) is 9.00. The molecule has 0 amide bonds. The lowest BCUT2D eigenvalue weighted by molar-refractivity contribution is 0.507. The summed E-state index contributed by atoms with van der Waals surface area (Å²) in [5.74, 6) is 0. The van der Waals surface area contributed by atoms with Gasteiger partial charge in [0.2, 0.25) is 0 Å². The van der Waals surface area contributed by atoms with Crippen LogP contribution in [0.15, 0.2) is 36.7 Å². The Morgan fingerprint density at radius 3 is 2.89 bits per heavy atom. The van der Waals surface area contributed by atoms with Crippen molar-refractivity contribution in [3.8, 4) is 0 Å². The fourth-order valence-corrected chi connectivity index (χ4v) is 2.53. The van der Waals surface area contributed by atoms with E-state index in [-0.39, 0.29) is 6.04 Å². The molecule has 1 aromatic heterocycles. The Bertz CT molecular complexity index is 511. The zero-order valence-corrected chi connectivity index (χ0v) is 12.3. The van der Waals surface area contributed by atoms with E-state index in [4.69, 9.17) is 23.2 Å². The van der Waals surface area contributed by atoms with Gasteiger partial charge in [-0.1, -0.05) is 29.3 Å². The molecule has 0 aliphatic heterocycles. The minimum Gasteiger partial charge on any atom is -0.310 e. The van der Waals surface area contributed by atoms with E-state index in [0.29, 0.717) is 10.0 Å². The Morgan fingerprint density at radius 2 is 2.21 bits per heavy atom. The van der Waals surface area contributed by atoms with Crippen molar-refractivity contribution >= 4 is 23.2 Å². The standard InChI is InChI=1S/C14H17Cl2N3/c1-11(13-5-4-12(15)10-14(13)16)17-6-2-8-19-9-3-7-18-19/h3-5,7,9-11,17H,2,6,8H2,1H3. The third kappa shape index (κ3) is 4.23. The fourth-order valence-electron chi connectivity index (χ4n) is 1.95. The van der Waals surface area contributed by atoms with Gasteiger partial charge in [-0.15, -0.1) is 0 Å². The average molecular weight is 298 g/mol. The molecule has 1 N–H and O–H groups in total. The largest absolute Gasteiger partial charge is 0.310 e. The maximum atomic E-state index is 6.18. The smallest absolute Gasteiger partial charge is 0.0489 e. The summed E-state index contributed by atoms with van der Waals surface area (Å²) in [4.78, 5) is 0. The Morgan fingerprint density at radius 1 is 1.37 bits per heavy atom. The predicted molar refractivity (Wildman–Crippen MR) is 79.7 cm³/mol. The maximum absolute atomic E-state index is 6.18. The zero-order valence-electron chi connectivity index (χ0n) is 10.8. The quantitative estimate of drug-likeness (QED) is 0.819. The van der Waals surface area contributed by atoms with Gasteiger partial charge in [0.25, 0.3) is 0 Å². The van der Waals surface area contributed by atoms with E-state index >= 15 is 0 Å². The van der Waals surface area contributed by atoms with Crippen molar-refractivity contribution in [1.29, 1.82) is 0 Å². The first kappa shape index (κ1) is 14.4. The molecule has 2 aromatic rings. The normalized spacial score (nSPS) is 12.6. The van der Waals surface area contributed by atoms with Gasteiger partial charge < -0.3 is 5.32 Å². The molecule has 0 spiro atoms. The van der Waals surface area contributed by atoms with Crippen LogP contribution in [0.5, 0.6) is 0 Å². The molecule has 1 atom stereocenters. The summed E-state index contributed by atoms with van der Waals surface area (Å²) in [6.07, 6.45) is 4.79. The Kier molecular flexibility index (Phi) is 5.25. The Balaban J connectivity index is 1.79. The molecule has 0 bridgehead atoms. The number of hydrogen-bond acceptors (Lipinski definition) is 2. The van der Waals surface area contributed by atoms with Gasteiger partial charge in [0.1, 0.15) is 0 Å². The number of aromatic nitrogens is 2. The van der Waals surface area contributed by atoms with Crippen LogP contribution in [-0.4, -0.2) is 16.3 Å². The summed E-state index contributed by atoms with van der Waals surface area (Å²) in [6, 6.07) is 7.76. The van der Waals surface area contributed by atoms with E-state index < -0.39 is 0 Å². The second kappa shape index (κ2) is 6.94. The van der Waals surface area contributed by atoms with Crippen molar-refractivity contribution in [2.24, 2.45) is 0 Å². The second-order valence-electron chi connectivity index (χ2n) is 4.46. The van der Waals surface area contributed by atoms with Crippen LogP contribution in [0.2, 0.25) is 10.0 Å². The molecule has 0 saturated heterocycles. The van der Waals surface area contributed by atoms with Crippen LogP contribution in [0, 0.1) is 0 Å². The van der Waals surface area contributed by atoms with E-state index in [1.807, 2.05) is 29.1 Å². The highest BCUT2D eigenvalue weighted by Gasteiger charge is 2.09. The summed E-state index contributed by atoms with van der Waals surface area (Å²) >= 11 is 12.1. The van der Waals surface area contributed by atoms with E-state index in [0.717, 1.165) is 25.1 Å². The summed E-state index contributed by atoms with van der Waals surface area (Å²) < 4.78 is 1.93. The third-order valence-corrected chi connectivity index (χ3v) is 3.57. The van der Waals surface area contributed by atoms with E-state index in [2.05, 4.69) is 17.3 Å². The topological polar surface area (TPSA) is 29.9 Å². The molecule has 0 aliphatic carbocycles. The maximum Gasteiger partial charge on any atom is 0.0489 e. The number of rotatable bonds is 6. The molecule has 2 rings (SSSR count). The predicted octanol–water partition coefficient (Wildman–Crippen LogP) is 3.93. The van der Waals surface area contributed by atoms with Crippen molar-refractivity contribution in [1.82, 2.24) is 15.1 Å². The number of hydrogen-bond donors (Lipinski definition) is 1. The SMILES string of the molecule is CC(NCCCn1cccn1)c1ccc(Cl)cc1Cl. The first-order valence-corrected chi connectivity index (χ1v) is 7.08. The highest BCUT2D eigenvalue weighted by molar-refractivity contribution is 6.35. The first-order valence-electron chi connectivity index (χ1n) is 6.32. The van der Waals surface area contributed by atoms with Crippen LogP contribution in [0.25, 0.3) is 0 Å². The van der Waals surface area contributed by atoms with Gasteiger partial charge in [0.15, 0.2) is 0 Å². The summed E-state index contributed by atoms with van der Waals surface area (Å²) in [6.45, 7) is 3.93. The van der Waals surface area contributed by atoms with Crippen molar-refractivity contribution in [2.45, 2.75) is 25.9 Å². The van der Waals surface area contributed by atoms with Crippen molar-refractivity contribution in [2.75, 3.05) is 6.54 Å². The molecule has 0 radical (unpaired) electrons. The molecule has 1 unspecified atom stereocenters. The summed E-state index contributed by atoms with van der Waals surface area (Å²) in [5.41, 5.74) is 1.07. The van der Waals surface area contributed by atoms with Gasteiger partial charge in [0, 0.05) is 35.0 Å². The molecule has 1 aromatic carbocycles. The highest BCUT2D eigenvalue weighted by atomic mass is 35.5. The first-order chi connectivity index (χ1) is 9.16. The lowest BCUT2D eigenvalue weighted by atomic mass is 10.1. The molecule has 3 nitrogen and oxygen atoms in total. The number of nitrogens with zero attached hydrogens (tertiary/aromatic N) is 2. The molecule has 102 valence electrons. The number of halogens is 2. The highest BCUT2D eigenvalue weighted by Crippen LogP contribution is 2.25. The van der Waals surface area contributed by atoms with Crippen LogP contribution in [0.4, 0.5) is 0 Å². The van der Waals surface area contributed by atoms with Crippen LogP contribution in [0.3, 0.4) is 0 Å². The van der Waals surface area contributed by atoms with Gasteiger partial charge in [-0.2, -0.15) is 5.10 Å². The molecule has 19 heavy (non-hydrogen) atoms. The monoisotopic (exact) mass is 297 g/mol. The van der Waals surface area contributed by atoms with E-state index in [1.165, 1.54) is 0 Å². The van der Waals surface area contributed by atoms with Gasteiger partial charge >= 0.3 is 0 Å². The van der Waals surface area contributed by atoms with Gasteiger partial charge in [0.05, 0.1) is 0 Å². The molecule has 5 heteroatoms. The molecular weight excluding hydrogens is 281 g/mol. The van der Waals surface area contributed by atoms with E-state index in [1.54, 1.807) is 12.3 Å². The molecule has 0 aliphatic rings. The molecule has 0 saturated carbocycles. The minimum absolute atomic E-state index is 0.211. The van der Waals surface area contributed by atoms with Crippen molar-refractivity contribution in [3.05, 3.63) is 52.3 Å². The summed E-state index contributed by atoms with van der Waals surface area (Å²) in [7, 11) is 0. The number of nitrogens with one attached hydrogen (secondary N) is 1. The van der Waals surface area contributed by atoms with Gasteiger partial charge in [-0.05, 0) is 43.7 Å². The number of benzene rings is 1. The average Bonchev–Trinajstić information content (AvgIpc) is 2.87. The second-order valence-corrected chi connectivity index (χ2v) is 5.31.